The SMILES string of the molecule is COc1cc([N+](=O)[O-])ccc1NC1CCN(C(C)=O)CC1. The summed E-state index contributed by atoms with van der Waals surface area (Å²) >= 11 is 0. The molecule has 0 aliphatic carbocycles. The van der Waals surface area contributed by atoms with Gasteiger partial charge in [-0.15, -0.1) is 0 Å². The maximum atomic E-state index is 11.3. The van der Waals surface area contributed by atoms with Crippen LogP contribution in [0.2, 0.25) is 0 Å². The zero-order valence-corrected chi connectivity index (χ0v) is 12.2. The second-order valence-electron chi connectivity index (χ2n) is 5.07. The molecule has 1 N–H and O–H groups in total. The Morgan fingerprint density at radius 3 is 2.62 bits per heavy atom. The molecular weight excluding hydrogens is 274 g/mol. The molecule has 0 atom stereocenters. The second-order valence-corrected chi connectivity index (χ2v) is 5.07. The van der Waals surface area contributed by atoms with Crippen molar-refractivity contribution >= 4 is 17.3 Å². The van der Waals surface area contributed by atoms with Crippen LogP contribution in [-0.4, -0.2) is 42.0 Å². The lowest BCUT2D eigenvalue weighted by atomic mass is 10.0. The molecule has 7 heteroatoms. The summed E-state index contributed by atoms with van der Waals surface area (Å²) in [7, 11) is 1.49. The number of anilines is 1. The highest BCUT2D eigenvalue weighted by Gasteiger charge is 2.22. The molecule has 1 fully saturated rings. The molecule has 1 aromatic rings. The van der Waals surface area contributed by atoms with Gasteiger partial charge in [-0.3, -0.25) is 14.9 Å². The molecule has 1 saturated heterocycles. The Morgan fingerprint density at radius 2 is 2.10 bits per heavy atom. The molecule has 0 unspecified atom stereocenters. The lowest BCUT2D eigenvalue weighted by Gasteiger charge is -2.32. The van der Waals surface area contributed by atoms with Gasteiger partial charge in [-0.25, -0.2) is 0 Å². The number of nitrogens with zero attached hydrogens (tertiary/aromatic N) is 2. The normalized spacial score (nSPS) is 15.6. The molecule has 7 nitrogen and oxygen atoms in total. The molecule has 1 amide bonds. The zero-order chi connectivity index (χ0) is 15.4. The van der Waals surface area contributed by atoms with E-state index in [9.17, 15) is 14.9 Å². The monoisotopic (exact) mass is 293 g/mol. The van der Waals surface area contributed by atoms with E-state index in [0.29, 0.717) is 5.75 Å². The van der Waals surface area contributed by atoms with E-state index in [1.54, 1.807) is 13.0 Å². The number of amides is 1. The fourth-order valence-electron chi connectivity index (χ4n) is 2.47. The van der Waals surface area contributed by atoms with Crippen molar-refractivity contribution in [1.82, 2.24) is 4.90 Å². The van der Waals surface area contributed by atoms with E-state index in [1.165, 1.54) is 19.2 Å². The average molecular weight is 293 g/mol. The number of ether oxygens (including phenoxy) is 1. The van der Waals surface area contributed by atoms with E-state index in [0.717, 1.165) is 31.6 Å². The number of carbonyl (C=O) groups is 1. The Balaban J connectivity index is 2.03. The number of hydrogen-bond donors (Lipinski definition) is 1. The van der Waals surface area contributed by atoms with Crippen LogP contribution < -0.4 is 10.1 Å². The molecule has 1 heterocycles. The minimum absolute atomic E-state index is 0.00352. The topological polar surface area (TPSA) is 84.7 Å². The number of piperidine rings is 1. The van der Waals surface area contributed by atoms with Gasteiger partial charge in [0, 0.05) is 32.1 Å². The van der Waals surface area contributed by atoms with Crippen molar-refractivity contribution in [3.63, 3.8) is 0 Å². The van der Waals surface area contributed by atoms with Gasteiger partial charge in [0.1, 0.15) is 5.75 Å². The molecule has 0 bridgehead atoms. The molecule has 0 spiro atoms. The van der Waals surface area contributed by atoms with E-state index >= 15 is 0 Å². The van der Waals surface area contributed by atoms with Gasteiger partial charge in [-0.1, -0.05) is 0 Å². The number of benzene rings is 1. The third kappa shape index (κ3) is 3.62. The van der Waals surface area contributed by atoms with E-state index in [2.05, 4.69) is 5.32 Å². The predicted octanol–water partition coefficient (Wildman–Crippen LogP) is 2.03. The molecular formula is C14H19N3O4. The van der Waals surface area contributed by atoms with Crippen molar-refractivity contribution in [3.8, 4) is 5.75 Å². The highest BCUT2D eigenvalue weighted by atomic mass is 16.6. The number of methoxy groups -OCH3 is 1. The minimum atomic E-state index is -0.447. The zero-order valence-electron chi connectivity index (χ0n) is 12.2. The van der Waals surface area contributed by atoms with Crippen LogP contribution in [0.3, 0.4) is 0 Å². The Bertz CT molecular complexity index is 539. The van der Waals surface area contributed by atoms with Gasteiger partial charge < -0.3 is 15.0 Å². The van der Waals surface area contributed by atoms with Crippen molar-refractivity contribution in [2.45, 2.75) is 25.8 Å². The van der Waals surface area contributed by atoms with Crippen LogP contribution in [0, 0.1) is 10.1 Å². The maximum Gasteiger partial charge on any atom is 0.273 e. The predicted molar refractivity (Wildman–Crippen MR) is 78.5 cm³/mol. The van der Waals surface area contributed by atoms with Gasteiger partial charge in [0.2, 0.25) is 5.91 Å². The average Bonchev–Trinajstić information content (AvgIpc) is 2.48. The number of carbonyl (C=O) groups excluding carboxylic acids is 1. The summed E-state index contributed by atoms with van der Waals surface area (Å²) in [6, 6.07) is 4.76. The highest BCUT2D eigenvalue weighted by Crippen LogP contribution is 2.30. The van der Waals surface area contributed by atoms with Crippen LogP contribution >= 0.6 is 0 Å². The Hall–Kier alpha value is -2.31. The summed E-state index contributed by atoms with van der Waals surface area (Å²) in [5.41, 5.74) is 0.744. The summed E-state index contributed by atoms with van der Waals surface area (Å²) < 4.78 is 5.21. The fraction of sp³-hybridized carbons (Fsp3) is 0.500. The van der Waals surface area contributed by atoms with Crippen molar-refractivity contribution in [3.05, 3.63) is 28.3 Å². The first-order chi connectivity index (χ1) is 10.0. The number of hydrogen-bond acceptors (Lipinski definition) is 5. The van der Waals surface area contributed by atoms with Gasteiger partial charge in [0.15, 0.2) is 0 Å². The first kappa shape index (κ1) is 15.1. The second kappa shape index (κ2) is 6.43. The van der Waals surface area contributed by atoms with Gasteiger partial charge in [-0.2, -0.15) is 0 Å². The van der Waals surface area contributed by atoms with Gasteiger partial charge in [0.25, 0.3) is 5.69 Å². The first-order valence-corrected chi connectivity index (χ1v) is 6.85. The molecule has 21 heavy (non-hydrogen) atoms. The van der Waals surface area contributed by atoms with Crippen LogP contribution in [-0.2, 0) is 4.79 Å². The molecule has 0 saturated carbocycles. The van der Waals surface area contributed by atoms with Crippen LogP contribution in [0.5, 0.6) is 5.75 Å². The Morgan fingerprint density at radius 1 is 1.43 bits per heavy atom. The van der Waals surface area contributed by atoms with Crippen molar-refractivity contribution in [2.75, 3.05) is 25.5 Å². The quantitative estimate of drug-likeness (QED) is 0.678. The highest BCUT2D eigenvalue weighted by molar-refractivity contribution is 5.73. The Kier molecular flexibility index (Phi) is 4.62. The third-order valence-electron chi connectivity index (χ3n) is 3.70. The molecule has 0 radical (unpaired) electrons. The van der Waals surface area contributed by atoms with Crippen LogP contribution in [0.1, 0.15) is 19.8 Å². The number of likely N-dealkylation sites (tertiary alicyclic amines) is 1. The summed E-state index contributed by atoms with van der Waals surface area (Å²) in [5, 5.41) is 14.1. The number of rotatable bonds is 4. The lowest BCUT2D eigenvalue weighted by molar-refractivity contribution is -0.384. The van der Waals surface area contributed by atoms with Crippen molar-refractivity contribution in [2.24, 2.45) is 0 Å². The van der Waals surface area contributed by atoms with Crippen LogP contribution in [0.4, 0.5) is 11.4 Å². The summed E-state index contributed by atoms with van der Waals surface area (Å²) in [6.45, 7) is 3.03. The molecule has 2 rings (SSSR count). The van der Waals surface area contributed by atoms with Crippen molar-refractivity contribution in [1.29, 1.82) is 0 Å². The number of nitro benzene ring substituents is 1. The smallest absolute Gasteiger partial charge is 0.273 e. The summed E-state index contributed by atoms with van der Waals surface area (Å²) in [5.74, 6) is 0.555. The maximum absolute atomic E-state index is 11.3. The minimum Gasteiger partial charge on any atom is -0.494 e. The van der Waals surface area contributed by atoms with Crippen LogP contribution in [0.25, 0.3) is 0 Å². The van der Waals surface area contributed by atoms with Crippen molar-refractivity contribution < 1.29 is 14.5 Å². The van der Waals surface area contributed by atoms with Gasteiger partial charge in [0.05, 0.1) is 23.8 Å². The molecule has 114 valence electrons. The Labute approximate surface area is 123 Å². The summed E-state index contributed by atoms with van der Waals surface area (Å²) in [6.07, 6.45) is 1.69. The van der Waals surface area contributed by atoms with E-state index in [-0.39, 0.29) is 17.6 Å². The third-order valence-corrected chi connectivity index (χ3v) is 3.70. The molecule has 1 aromatic carbocycles. The van der Waals surface area contributed by atoms with E-state index in [4.69, 9.17) is 4.74 Å². The van der Waals surface area contributed by atoms with E-state index in [1.807, 2.05) is 4.90 Å². The number of nitro groups is 1. The van der Waals surface area contributed by atoms with E-state index < -0.39 is 4.92 Å². The van der Waals surface area contributed by atoms with Gasteiger partial charge >= 0.3 is 0 Å². The fourth-order valence-corrected chi connectivity index (χ4v) is 2.47. The molecule has 0 aromatic heterocycles. The largest absolute Gasteiger partial charge is 0.494 e. The number of nitrogens with one attached hydrogen (secondary N) is 1. The standard InChI is InChI=1S/C14H19N3O4/c1-10(18)16-7-5-11(6-8-16)15-13-4-3-12(17(19)20)9-14(13)21-2/h3-4,9,11,15H,5-8H2,1-2H3. The molecule has 1 aliphatic rings. The lowest BCUT2D eigenvalue weighted by Crippen LogP contribution is -2.41. The number of non-ortho nitro benzene ring substituents is 1. The van der Waals surface area contributed by atoms with Gasteiger partial charge in [-0.05, 0) is 18.9 Å². The van der Waals surface area contributed by atoms with Crippen LogP contribution in [0.15, 0.2) is 18.2 Å². The summed E-state index contributed by atoms with van der Waals surface area (Å²) in [4.78, 5) is 23.4. The molecule has 1 aliphatic heterocycles. The first-order valence-electron chi connectivity index (χ1n) is 6.85.